The summed E-state index contributed by atoms with van der Waals surface area (Å²) in [6, 6.07) is 8.02. The number of rotatable bonds is 5. The molecule has 1 heterocycles. The molecule has 5 heteroatoms. The average Bonchev–Trinajstić information content (AvgIpc) is 2.90. The van der Waals surface area contributed by atoms with Crippen LogP contribution in [0.1, 0.15) is 23.7 Å². The molecule has 1 unspecified atom stereocenters. The molecule has 0 bridgehead atoms. The highest BCUT2D eigenvalue weighted by atomic mass is 32.1. The number of hydrogen-bond acceptors (Lipinski definition) is 5. The topological polar surface area (TPSA) is 61.0 Å². The van der Waals surface area contributed by atoms with E-state index in [0.29, 0.717) is 0 Å². The van der Waals surface area contributed by atoms with Crippen molar-refractivity contribution >= 4 is 11.7 Å². The smallest absolute Gasteiger partial charge is 0.118 e. The van der Waals surface area contributed by atoms with Gasteiger partial charge in [0.25, 0.3) is 0 Å². The van der Waals surface area contributed by atoms with Crippen LogP contribution in [-0.2, 0) is 6.42 Å². The molecule has 0 aliphatic heterocycles. The van der Waals surface area contributed by atoms with Gasteiger partial charge in [-0.25, -0.2) is 0 Å². The highest BCUT2D eigenvalue weighted by molar-refractivity contribution is 6.99. The van der Waals surface area contributed by atoms with Crippen molar-refractivity contribution in [3.8, 4) is 5.75 Å². The summed E-state index contributed by atoms with van der Waals surface area (Å²) in [6.45, 7) is 0. The van der Waals surface area contributed by atoms with Crippen LogP contribution in [0.4, 0.5) is 0 Å². The van der Waals surface area contributed by atoms with Crippen LogP contribution in [0.25, 0.3) is 0 Å². The third-order valence-corrected chi connectivity index (χ3v) is 3.15. The molecule has 0 saturated carbocycles. The zero-order chi connectivity index (χ0) is 12.1. The minimum atomic E-state index is -0.0316. The Morgan fingerprint density at radius 1 is 1.35 bits per heavy atom. The predicted molar refractivity (Wildman–Crippen MR) is 68.2 cm³/mol. The SMILES string of the molecule is COc1ccc(CCC(N)c2cnsn2)cc1. The molecule has 0 amide bonds. The molecule has 0 aliphatic rings. The Morgan fingerprint density at radius 3 is 2.71 bits per heavy atom. The van der Waals surface area contributed by atoms with E-state index in [4.69, 9.17) is 10.5 Å². The maximum absolute atomic E-state index is 6.02. The summed E-state index contributed by atoms with van der Waals surface area (Å²) in [5.74, 6) is 0.877. The van der Waals surface area contributed by atoms with E-state index in [0.717, 1.165) is 24.3 Å². The lowest BCUT2D eigenvalue weighted by atomic mass is 10.0. The van der Waals surface area contributed by atoms with Gasteiger partial charge in [0, 0.05) is 0 Å². The number of aromatic nitrogens is 2. The maximum Gasteiger partial charge on any atom is 0.118 e. The van der Waals surface area contributed by atoms with Crippen LogP contribution in [0.2, 0.25) is 0 Å². The maximum atomic E-state index is 6.02. The van der Waals surface area contributed by atoms with E-state index in [9.17, 15) is 0 Å². The molecule has 2 aromatic rings. The fourth-order valence-corrected chi connectivity index (χ4v) is 2.08. The standard InChI is InChI=1S/C12H15N3OS/c1-16-10-5-2-9(3-6-10)4-7-11(13)12-8-14-17-15-12/h2-3,5-6,8,11H,4,7,13H2,1H3. The van der Waals surface area contributed by atoms with Crippen LogP contribution in [0, 0.1) is 0 Å². The summed E-state index contributed by atoms with van der Waals surface area (Å²) < 4.78 is 13.2. The zero-order valence-electron chi connectivity index (χ0n) is 9.67. The van der Waals surface area contributed by atoms with Crippen LogP contribution in [0.15, 0.2) is 30.5 Å². The molecule has 1 aromatic heterocycles. The number of aryl methyl sites for hydroxylation is 1. The molecule has 0 saturated heterocycles. The van der Waals surface area contributed by atoms with Gasteiger partial charge in [-0.2, -0.15) is 8.75 Å². The second-order valence-electron chi connectivity index (χ2n) is 3.83. The van der Waals surface area contributed by atoms with Crippen LogP contribution < -0.4 is 10.5 Å². The van der Waals surface area contributed by atoms with E-state index in [-0.39, 0.29) is 6.04 Å². The highest BCUT2D eigenvalue weighted by Crippen LogP contribution is 2.17. The summed E-state index contributed by atoms with van der Waals surface area (Å²) in [6.07, 6.45) is 3.55. The molecular formula is C12H15N3OS. The molecule has 2 rings (SSSR count). The van der Waals surface area contributed by atoms with E-state index in [1.807, 2.05) is 12.1 Å². The summed E-state index contributed by atoms with van der Waals surface area (Å²) in [5, 5.41) is 0. The normalized spacial score (nSPS) is 12.4. The minimum Gasteiger partial charge on any atom is -0.497 e. The highest BCUT2D eigenvalue weighted by Gasteiger charge is 2.08. The van der Waals surface area contributed by atoms with E-state index in [1.165, 1.54) is 17.3 Å². The summed E-state index contributed by atoms with van der Waals surface area (Å²) in [5.41, 5.74) is 8.16. The van der Waals surface area contributed by atoms with E-state index in [1.54, 1.807) is 13.3 Å². The van der Waals surface area contributed by atoms with E-state index < -0.39 is 0 Å². The zero-order valence-corrected chi connectivity index (χ0v) is 10.5. The quantitative estimate of drug-likeness (QED) is 0.882. The molecule has 90 valence electrons. The van der Waals surface area contributed by atoms with Crippen LogP contribution in [0.5, 0.6) is 5.75 Å². The first-order valence-corrected chi connectivity index (χ1v) is 6.18. The van der Waals surface area contributed by atoms with Crippen molar-refractivity contribution in [3.63, 3.8) is 0 Å². The molecule has 1 atom stereocenters. The van der Waals surface area contributed by atoms with Gasteiger partial charge in [-0.1, -0.05) is 12.1 Å². The van der Waals surface area contributed by atoms with Crippen molar-refractivity contribution in [3.05, 3.63) is 41.7 Å². The number of ether oxygens (including phenoxy) is 1. The van der Waals surface area contributed by atoms with E-state index >= 15 is 0 Å². The lowest BCUT2D eigenvalue weighted by Gasteiger charge is -2.08. The first-order chi connectivity index (χ1) is 8.29. The van der Waals surface area contributed by atoms with Gasteiger partial charge in [0.1, 0.15) is 5.75 Å². The van der Waals surface area contributed by atoms with Gasteiger partial charge in [-0.3, -0.25) is 0 Å². The van der Waals surface area contributed by atoms with Crippen molar-refractivity contribution < 1.29 is 4.74 Å². The number of methoxy groups -OCH3 is 1. The molecule has 2 N–H and O–H groups in total. The molecule has 0 fully saturated rings. The number of nitrogens with two attached hydrogens (primary N) is 1. The Balaban J connectivity index is 1.89. The Hall–Kier alpha value is -1.46. The number of nitrogens with zero attached hydrogens (tertiary/aromatic N) is 2. The lowest BCUT2D eigenvalue weighted by molar-refractivity contribution is 0.414. The van der Waals surface area contributed by atoms with Crippen molar-refractivity contribution in [2.75, 3.05) is 7.11 Å². The fourth-order valence-electron chi connectivity index (χ4n) is 1.60. The second kappa shape index (κ2) is 5.75. The minimum absolute atomic E-state index is 0.0316. The molecule has 1 aromatic carbocycles. The third kappa shape index (κ3) is 3.25. The van der Waals surface area contributed by atoms with Crippen molar-refractivity contribution in [1.29, 1.82) is 0 Å². The monoisotopic (exact) mass is 249 g/mol. The Morgan fingerprint density at radius 2 is 2.12 bits per heavy atom. The first kappa shape index (κ1) is 12.0. The van der Waals surface area contributed by atoms with Crippen LogP contribution >= 0.6 is 11.7 Å². The Kier molecular flexibility index (Phi) is 4.06. The molecule has 4 nitrogen and oxygen atoms in total. The van der Waals surface area contributed by atoms with Gasteiger partial charge < -0.3 is 10.5 Å². The third-order valence-electron chi connectivity index (χ3n) is 2.66. The van der Waals surface area contributed by atoms with Gasteiger partial charge in [0.05, 0.1) is 36.8 Å². The van der Waals surface area contributed by atoms with Gasteiger partial charge >= 0.3 is 0 Å². The van der Waals surface area contributed by atoms with Crippen molar-refractivity contribution in [1.82, 2.24) is 8.75 Å². The predicted octanol–water partition coefficient (Wildman–Crippen LogP) is 2.18. The Labute approximate surface area is 105 Å². The number of hydrogen-bond donors (Lipinski definition) is 1. The van der Waals surface area contributed by atoms with Gasteiger partial charge in [0.2, 0.25) is 0 Å². The Bertz CT molecular complexity index is 441. The molecule has 17 heavy (non-hydrogen) atoms. The lowest BCUT2D eigenvalue weighted by Crippen LogP contribution is -2.11. The number of benzene rings is 1. The summed E-state index contributed by atoms with van der Waals surface area (Å²) >= 11 is 1.20. The summed E-state index contributed by atoms with van der Waals surface area (Å²) in [7, 11) is 1.67. The van der Waals surface area contributed by atoms with Crippen LogP contribution in [0.3, 0.4) is 0 Å². The van der Waals surface area contributed by atoms with Gasteiger partial charge in [0.15, 0.2) is 0 Å². The molecular weight excluding hydrogens is 234 g/mol. The largest absolute Gasteiger partial charge is 0.497 e. The van der Waals surface area contributed by atoms with Gasteiger partial charge in [-0.05, 0) is 30.5 Å². The second-order valence-corrected chi connectivity index (χ2v) is 4.38. The first-order valence-electron chi connectivity index (χ1n) is 5.45. The molecule has 0 aliphatic carbocycles. The van der Waals surface area contributed by atoms with Crippen LogP contribution in [-0.4, -0.2) is 15.9 Å². The average molecular weight is 249 g/mol. The van der Waals surface area contributed by atoms with Gasteiger partial charge in [-0.15, -0.1) is 0 Å². The fraction of sp³-hybridized carbons (Fsp3) is 0.333. The molecule has 0 radical (unpaired) electrons. The van der Waals surface area contributed by atoms with Crippen molar-refractivity contribution in [2.24, 2.45) is 5.73 Å². The van der Waals surface area contributed by atoms with Crippen molar-refractivity contribution in [2.45, 2.75) is 18.9 Å². The van der Waals surface area contributed by atoms with E-state index in [2.05, 4.69) is 20.9 Å². The summed E-state index contributed by atoms with van der Waals surface area (Å²) in [4.78, 5) is 0. The molecule has 0 spiro atoms.